The number of halogens is 1. The molecule has 0 aromatic heterocycles. The van der Waals surface area contributed by atoms with E-state index in [0.717, 1.165) is 42.7 Å². The molecule has 0 bridgehead atoms. The second-order valence-electron chi connectivity index (χ2n) is 5.07. The van der Waals surface area contributed by atoms with E-state index in [9.17, 15) is 9.18 Å². The molecule has 0 aliphatic carbocycles. The van der Waals surface area contributed by atoms with Crippen LogP contribution in [0.4, 0.5) is 4.39 Å². The molecule has 1 saturated heterocycles. The van der Waals surface area contributed by atoms with Gasteiger partial charge in [0.1, 0.15) is 5.82 Å². The Morgan fingerprint density at radius 3 is 3.00 bits per heavy atom. The lowest BCUT2D eigenvalue weighted by atomic mass is 10.0. The summed E-state index contributed by atoms with van der Waals surface area (Å²) in [6.07, 6.45) is 5.12. The first kappa shape index (κ1) is 15.3. The van der Waals surface area contributed by atoms with E-state index in [1.165, 1.54) is 6.07 Å². The minimum atomic E-state index is -0.224. The summed E-state index contributed by atoms with van der Waals surface area (Å²) in [4.78, 5) is 12.1. The number of hydrogen-bond donors (Lipinski definition) is 2. The molecule has 1 aromatic rings. The number of hydrogen-bond acceptors (Lipinski definition) is 3. The van der Waals surface area contributed by atoms with Crippen molar-refractivity contribution >= 4 is 17.7 Å². The van der Waals surface area contributed by atoms with Crippen LogP contribution in [0.3, 0.4) is 0 Å². The zero-order valence-corrected chi connectivity index (χ0v) is 12.6. The number of benzene rings is 1. The summed E-state index contributed by atoms with van der Waals surface area (Å²) in [6, 6.07) is 4.68. The molecule has 0 radical (unpaired) electrons. The highest BCUT2D eigenvalue weighted by molar-refractivity contribution is 7.97. The van der Waals surface area contributed by atoms with E-state index >= 15 is 0 Å². The van der Waals surface area contributed by atoms with Gasteiger partial charge in [-0.3, -0.25) is 4.79 Å². The molecule has 5 heteroatoms. The quantitative estimate of drug-likeness (QED) is 0.877. The van der Waals surface area contributed by atoms with Crippen LogP contribution in [0.2, 0.25) is 0 Å². The molecule has 0 spiro atoms. The second-order valence-corrected chi connectivity index (χ2v) is 5.93. The third kappa shape index (κ3) is 4.21. The Morgan fingerprint density at radius 2 is 2.30 bits per heavy atom. The molecule has 1 amide bonds. The number of thioether (sulfide) groups is 1. The summed E-state index contributed by atoms with van der Waals surface area (Å²) >= 11 is 1.65. The maximum Gasteiger partial charge on any atom is 0.237 e. The third-order valence-electron chi connectivity index (χ3n) is 3.55. The van der Waals surface area contributed by atoms with Crippen LogP contribution in [0.25, 0.3) is 0 Å². The highest BCUT2D eigenvalue weighted by Crippen LogP contribution is 2.17. The Bertz CT molecular complexity index is 461. The third-order valence-corrected chi connectivity index (χ3v) is 4.15. The smallest absolute Gasteiger partial charge is 0.237 e. The van der Waals surface area contributed by atoms with Crippen molar-refractivity contribution in [3.8, 4) is 0 Å². The van der Waals surface area contributed by atoms with Crippen molar-refractivity contribution in [2.75, 3.05) is 12.8 Å². The predicted octanol–water partition coefficient (Wildman–Crippen LogP) is 2.45. The van der Waals surface area contributed by atoms with Gasteiger partial charge in [-0.1, -0.05) is 12.5 Å². The largest absolute Gasteiger partial charge is 0.351 e. The zero-order valence-electron chi connectivity index (χ0n) is 11.7. The topological polar surface area (TPSA) is 41.1 Å². The monoisotopic (exact) mass is 296 g/mol. The summed E-state index contributed by atoms with van der Waals surface area (Å²) in [7, 11) is 0. The van der Waals surface area contributed by atoms with Crippen molar-refractivity contribution < 1.29 is 9.18 Å². The second kappa shape index (κ2) is 7.64. The molecule has 2 N–H and O–H groups in total. The van der Waals surface area contributed by atoms with Crippen LogP contribution >= 0.6 is 11.8 Å². The van der Waals surface area contributed by atoms with Gasteiger partial charge in [-0.15, -0.1) is 0 Å². The molecule has 3 nitrogen and oxygen atoms in total. The summed E-state index contributed by atoms with van der Waals surface area (Å²) < 4.78 is 13.3. The van der Waals surface area contributed by atoms with E-state index in [1.54, 1.807) is 23.9 Å². The molecule has 1 heterocycles. The molecule has 1 fully saturated rings. The van der Waals surface area contributed by atoms with Gasteiger partial charge in [0.05, 0.1) is 6.04 Å². The van der Waals surface area contributed by atoms with Crippen molar-refractivity contribution in [2.24, 2.45) is 0 Å². The minimum Gasteiger partial charge on any atom is -0.351 e. The van der Waals surface area contributed by atoms with Gasteiger partial charge in [0.15, 0.2) is 0 Å². The zero-order chi connectivity index (χ0) is 14.4. The average Bonchev–Trinajstić information content (AvgIpc) is 2.47. The molecule has 0 unspecified atom stereocenters. The molecular formula is C15H21FN2OS. The van der Waals surface area contributed by atoms with E-state index < -0.39 is 0 Å². The molecule has 1 aliphatic heterocycles. The molecule has 110 valence electrons. The number of nitrogens with one attached hydrogen (secondary N) is 2. The summed E-state index contributed by atoms with van der Waals surface area (Å²) in [5.74, 6) is 0.576. The fourth-order valence-corrected chi connectivity index (χ4v) is 3.02. The maximum absolute atomic E-state index is 13.3. The van der Waals surface area contributed by atoms with E-state index in [2.05, 4.69) is 10.6 Å². The average molecular weight is 296 g/mol. The lowest BCUT2D eigenvalue weighted by Gasteiger charge is -2.22. The predicted molar refractivity (Wildman–Crippen MR) is 81.1 cm³/mol. The number of piperidine rings is 1. The van der Waals surface area contributed by atoms with Crippen LogP contribution < -0.4 is 10.6 Å². The van der Waals surface area contributed by atoms with Gasteiger partial charge in [-0.25, -0.2) is 4.39 Å². The molecule has 1 aromatic carbocycles. The van der Waals surface area contributed by atoms with Gasteiger partial charge in [-0.05, 0) is 48.9 Å². The first-order valence-electron chi connectivity index (χ1n) is 6.98. The first-order valence-corrected chi connectivity index (χ1v) is 8.37. The minimum absolute atomic E-state index is 0.0455. The van der Waals surface area contributed by atoms with Crippen molar-refractivity contribution in [1.82, 2.24) is 10.6 Å². The standard InChI is InChI=1S/C15H21FN2OS/c1-20-10-12-8-13(16)6-5-11(12)9-18-15(19)14-4-2-3-7-17-14/h5-6,8,14,17H,2-4,7,9-10H2,1H3,(H,18,19)/t14-/m0/s1. The Morgan fingerprint density at radius 1 is 1.45 bits per heavy atom. The van der Waals surface area contributed by atoms with Gasteiger partial charge < -0.3 is 10.6 Å². The fourth-order valence-electron chi connectivity index (χ4n) is 2.44. The lowest BCUT2D eigenvalue weighted by molar-refractivity contribution is -0.123. The summed E-state index contributed by atoms with van der Waals surface area (Å²) in [5, 5.41) is 6.18. The van der Waals surface area contributed by atoms with Crippen LogP contribution in [0.5, 0.6) is 0 Å². The molecule has 1 aliphatic rings. The Balaban J connectivity index is 1.94. The SMILES string of the molecule is CSCc1cc(F)ccc1CNC(=O)[C@@H]1CCCCN1. The van der Waals surface area contributed by atoms with E-state index in [4.69, 9.17) is 0 Å². The highest BCUT2D eigenvalue weighted by atomic mass is 32.2. The van der Waals surface area contributed by atoms with Gasteiger partial charge in [0.2, 0.25) is 5.91 Å². The van der Waals surface area contributed by atoms with Crippen LogP contribution in [0.15, 0.2) is 18.2 Å². The number of carbonyl (C=O) groups excluding carboxylic acids is 1. The number of amides is 1. The maximum atomic E-state index is 13.3. The van der Waals surface area contributed by atoms with E-state index in [0.29, 0.717) is 6.54 Å². The summed E-state index contributed by atoms with van der Waals surface area (Å²) in [5.41, 5.74) is 1.94. The van der Waals surface area contributed by atoms with Crippen molar-refractivity contribution in [1.29, 1.82) is 0 Å². The number of rotatable bonds is 5. The van der Waals surface area contributed by atoms with Gasteiger partial charge in [0.25, 0.3) is 0 Å². The fraction of sp³-hybridized carbons (Fsp3) is 0.533. The molecule has 1 atom stereocenters. The van der Waals surface area contributed by atoms with Gasteiger partial charge >= 0.3 is 0 Å². The Kier molecular flexibility index (Phi) is 5.86. The van der Waals surface area contributed by atoms with Gasteiger partial charge in [-0.2, -0.15) is 11.8 Å². The summed E-state index contributed by atoms with van der Waals surface area (Å²) in [6.45, 7) is 1.37. The van der Waals surface area contributed by atoms with Crippen molar-refractivity contribution in [3.63, 3.8) is 0 Å². The van der Waals surface area contributed by atoms with Crippen LogP contribution in [0, 0.1) is 5.82 Å². The van der Waals surface area contributed by atoms with E-state index in [-0.39, 0.29) is 17.8 Å². The molecule has 2 rings (SSSR count). The lowest BCUT2D eigenvalue weighted by Crippen LogP contribution is -2.46. The molecule has 0 saturated carbocycles. The normalized spacial score (nSPS) is 18.8. The molecule has 20 heavy (non-hydrogen) atoms. The van der Waals surface area contributed by atoms with Crippen molar-refractivity contribution in [3.05, 3.63) is 35.1 Å². The first-order chi connectivity index (χ1) is 9.70. The Hall–Kier alpha value is -1.07. The van der Waals surface area contributed by atoms with Crippen LogP contribution in [-0.2, 0) is 17.1 Å². The highest BCUT2D eigenvalue weighted by Gasteiger charge is 2.20. The van der Waals surface area contributed by atoms with Gasteiger partial charge in [0, 0.05) is 12.3 Å². The Labute approximate surface area is 123 Å². The van der Waals surface area contributed by atoms with E-state index in [1.807, 2.05) is 6.26 Å². The van der Waals surface area contributed by atoms with Crippen molar-refractivity contribution in [2.45, 2.75) is 37.6 Å². The number of carbonyl (C=O) groups is 1. The van der Waals surface area contributed by atoms with Crippen LogP contribution in [0.1, 0.15) is 30.4 Å². The molecular weight excluding hydrogens is 275 g/mol. The van der Waals surface area contributed by atoms with Crippen LogP contribution in [-0.4, -0.2) is 24.7 Å².